The zero-order chi connectivity index (χ0) is 24.4. The summed E-state index contributed by atoms with van der Waals surface area (Å²) < 4.78 is 6.29. The summed E-state index contributed by atoms with van der Waals surface area (Å²) in [5.41, 5.74) is 4.31. The maximum atomic E-state index is 13.4. The maximum absolute atomic E-state index is 13.4. The second-order valence-corrected chi connectivity index (χ2v) is 15.6. The Morgan fingerprint density at radius 2 is 1.48 bits per heavy atom. The number of aliphatic hydroxyl groups is 1. The van der Waals surface area contributed by atoms with Crippen molar-refractivity contribution in [1.82, 2.24) is 4.90 Å². The first-order valence-electron chi connectivity index (χ1n) is 11.8. The summed E-state index contributed by atoms with van der Waals surface area (Å²) in [5.74, 6) is 0.173. The fourth-order valence-corrected chi connectivity index (χ4v) is 6.42. The Balaban J connectivity index is 2.23. The van der Waals surface area contributed by atoms with Gasteiger partial charge in [0.15, 0.2) is 5.60 Å². The minimum Gasteiger partial charge on any atom is -0.430 e. The lowest BCUT2D eigenvalue weighted by atomic mass is 9.76. The fraction of sp³-hybridized carbons (Fsp3) is 0.429. The van der Waals surface area contributed by atoms with Gasteiger partial charge in [0.25, 0.3) is 0 Å². The molecule has 0 spiro atoms. The highest BCUT2D eigenvalue weighted by molar-refractivity contribution is 6.83. The Hall–Kier alpha value is -2.59. The molecule has 1 fully saturated rings. The Morgan fingerprint density at radius 1 is 1.00 bits per heavy atom. The van der Waals surface area contributed by atoms with Crippen LogP contribution in [0.2, 0.25) is 19.6 Å². The van der Waals surface area contributed by atoms with E-state index >= 15 is 0 Å². The molecule has 0 aliphatic carbocycles. The number of carbonyl (C=O) groups is 1. The third-order valence-corrected chi connectivity index (χ3v) is 8.36. The van der Waals surface area contributed by atoms with Crippen LogP contribution in [0.25, 0.3) is 0 Å². The van der Waals surface area contributed by atoms with Crippen molar-refractivity contribution in [3.63, 3.8) is 0 Å². The van der Waals surface area contributed by atoms with E-state index in [-0.39, 0.29) is 17.9 Å². The molecular weight excluding hydrogens is 426 g/mol. The van der Waals surface area contributed by atoms with Crippen molar-refractivity contribution in [2.75, 3.05) is 0 Å². The molecule has 1 amide bonds. The number of benzene rings is 2. The number of carbonyl (C=O) groups excluding carboxylic acids is 1. The average molecular weight is 464 g/mol. The second kappa shape index (κ2) is 9.72. The normalized spacial score (nSPS) is 18.8. The standard InChI is InChI=1S/C28H37NO3Si/c1-20(2)25(30)24(33(5,6)7)18-19-29-26(21(3)4)28(32-27(29)31,22-14-10-8-11-15-22)23-16-12-9-13-17-23/h8-17,19-21,25-26,30H,1-7H3/t18?,25-,26+/m1/s1. The summed E-state index contributed by atoms with van der Waals surface area (Å²) in [6.07, 6.45) is 0.736. The van der Waals surface area contributed by atoms with Crippen LogP contribution in [0, 0.1) is 11.8 Å². The van der Waals surface area contributed by atoms with Crippen LogP contribution in [0.1, 0.15) is 38.8 Å². The van der Waals surface area contributed by atoms with Gasteiger partial charge in [-0.25, -0.2) is 4.79 Å². The molecule has 0 unspecified atom stereocenters. The third-order valence-electron chi connectivity index (χ3n) is 6.31. The predicted octanol–water partition coefficient (Wildman–Crippen LogP) is 6.34. The molecule has 1 N–H and O–H groups in total. The van der Waals surface area contributed by atoms with Crippen molar-refractivity contribution in [2.45, 2.75) is 65.1 Å². The molecule has 0 aromatic heterocycles. The van der Waals surface area contributed by atoms with Gasteiger partial charge in [-0.15, -0.1) is 5.73 Å². The number of nitrogens with zero attached hydrogens (tertiary/aromatic N) is 1. The highest BCUT2D eigenvalue weighted by atomic mass is 28.3. The van der Waals surface area contributed by atoms with E-state index in [1.54, 1.807) is 11.1 Å². The molecule has 5 heteroatoms. The molecule has 3 rings (SSSR count). The molecule has 0 bridgehead atoms. The summed E-state index contributed by atoms with van der Waals surface area (Å²) in [6, 6.07) is 19.7. The first-order chi connectivity index (χ1) is 15.5. The predicted molar refractivity (Wildman–Crippen MR) is 136 cm³/mol. The molecule has 176 valence electrons. The SMILES string of the molecule is CC(C)[C@@H]1N(C=C=C([C@H](O)C(C)C)[Si](C)(C)C)C(=O)OC1(c1ccccc1)c1ccccc1. The van der Waals surface area contributed by atoms with E-state index < -0.39 is 25.9 Å². The fourth-order valence-electron chi connectivity index (χ4n) is 4.70. The van der Waals surface area contributed by atoms with Crippen LogP contribution in [0.3, 0.4) is 0 Å². The highest BCUT2D eigenvalue weighted by Crippen LogP contribution is 2.47. The lowest BCUT2D eigenvalue weighted by Gasteiger charge is -2.37. The third kappa shape index (κ3) is 4.86. The van der Waals surface area contributed by atoms with Crippen LogP contribution in [-0.2, 0) is 10.3 Å². The van der Waals surface area contributed by atoms with E-state index in [1.165, 1.54) is 0 Å². The van der Waals surface area contributed by atoms with Crippen molar-refractivity contribution in [1.29, 1.82) is 0 Å². The number of rotatable bonds is 7. The lowest BCUT2D eigenvalue weighted by molar-refractivity contribution is 0.0562. The Labute approximate surface area is 199 Å². The van der Waals surface area contributed by atoms with Crippen molar-refractivity contribution < 1.29 is 14.6 Å². The molecule has 0 radical (unpaired) electrons. The highest BCUT2D eigenvalue weighted by Gasteiger charge is 2.57. The maximum Gasteiger partial charge on any atom is 0.416 e. The minimum absolute atomic E-state index is 0.0757. The lowest BCUT2D eigenvalue weighted by Crippen LogP contribution is -2.46. The first-order valence-corrected chi connectivity index (χ1v) is 15.3. The van der Waals surface area contributed by atoms with Crippen LogP contribution < -0.4 is 0 Å². The molecule has 1 heterocycles. The molecular formula is C28H37NO3Si. The summed E-state index contributed by atoms with van der Waals surface area (Å²) in [5, 5.41) is 11.8. The minimum atomic E-state index is -1.87. The summed E-state index contributed by atoms with van der Waals surface area (Å²) >= 11 is 0. The van der Waals surface area contributed by atoms with Crippen LogP contribution in [-0.4, -0.2) is 36.3 Å². The molecule has 1 saturated heterocycles. The molecule has 33 heavy (non-hydrogen) atoms. The van der Waals surface area contributed by atoms with Gasteiger partial charge in [0.05, 0.1) is 26.4 Å². The molecule has 2 aromatic rings. The average Bonchev–Trinajstić information content (AvgIpc) is 3.07. The Kier molecular flexibility index (Phi) is 7.38. The summed E-state index contributed by atoms with van der Waals surface area (Å²) in [6.45, 7) is 14.8. The number of hydrogen-bond donors (Lipinski definition) is 1. The van der Waals surface area contributed by atoms with Gasteiger partial charge < -0.3 is 9.84 Å². The Morgan fingerprint density at radius 3 is 1.88 bits per heavy atom. The van der Waals surface area contributed by atoms with Gasteiger partial charge in [-0.05, 0) is 17.0 Å². The molecule has 0 saturated carbocycles. The van der Waals surface area contributed by atoms with E-state index in [1.807, 2.05) is 74.5 Å². The number of amides is 1. The molecule has 1 aliphatic rings. The monoisotopic (exact) mass is 463 g/mol. The van der Waals surface area contributed by atoms with Crippen LogP contribution in [0.4, 0.5) is 4.79 Å². The van der Waals surface area contributed by atoms with Gasteiger partial charge in [-0.2, -0.15) is 0 Å². The van der Waals surface area contributed by atoms with Crippen molar-refractivity contribution >= 4 is 14.2 Å². The van der Waals surface area contributed by atoms with Gasteiger partial charge in [0, 0.05) is 11.1 Å². The molecule has 1 aliphatic heterocycles. The molecule has 2 atom stereocenters. The van der Waals surface area contributed by atoms with E-state index in [2.05, 4.69) is 39.2 Å². The second-order valence-electron chi connectivity index (χ2n) is 10.6. The van der Waals surface area contributed by atoms with E-state index in [0.717, 1.165) is 16.3 Å². The van der Waals surface area contributed by atoms with Gasteiger partial charge in [-0.3, -0.25) is 4.90 Å². The smallest absolute Gasteiger partial charge is 0.416 e. The van der Waals surface area contributed by atoms with E-state index in [4.69, 9.17) is 4.74 Å². The molecule has 2 aromatic carbocycles. The summed E-state index contributed by atoms with van der Waals surface area (Å²) in [7, 11) is -1.87. The van der Waals surface area contributed by atoms with Gasteiger partial charge in [0.1, 0.15) is 0 Å². The first kappa shape index (κ1) is 25.0. The van der Waals surface area contributed by atoms with Crippen molar-refractivity contribution in [2.24, 2.45) is 11.8 Å². The van der Waals surface area contributed by atoms with Gasteiger partial charge >= 0.3 is 6.09 Å². The van der Waals surface area contributed by atoms with Crippen molar-refractivity contribution in [3.05, 3.63) is 88.9 Å². The number of hydrogen-bond acceptors (Lipinski definition) is 3. The van der Waals surface area contributed by atoms with Crippen LogP contribution in [0.5, 0.6) is 0 Å². The van der Waals surface area contributed by atoms with E-state index in [0.29, 0.717) is 0 Å². The van der Waals surface area contributed by atoms with Crippen LogP contribution in [0.15, 0.2) is 77.8 Å². The van der Waals surface area contributed by atoms with Crippen LogP contribution >= 0.6 is 0 Å². The van der Waals surface area contributed by atoms with Gasteiger partial charge in [-0.1, -0.05) is 108 Å². The van der Waals surface area contributed by atoms with Gasteiger partial charge in [0.2, 0.25) is 0 Å². The van der Waals surface area contributed by atoms with Crippen molar-refractivity contribution in [3.8, 4) is 0 Å². The quantitative estimate of drug-likeness (QED) is 0.385. The zero-order valence-corrected chi connectivity index (χ0v) is 21.9. The largest absolute Gasteiger partial charge is 0.430 e. The summed E-state index contributed by atoms with van der Waals surface area (Å²) in [4.78, 5) is 15.1. The number of ether oxygens (including phenoxy) is 1. The molecule has 4 nitrogen and oxygen atoms in total. The number of cyclic esters (lactones) is 1. The van der Waals surface area contributed by atoms with E-state index in [9.17, 15) is 9.90 Å². The topological polar surface area (TPSA) is 49.8 Å². The number of aliphatic hydroxyl groups excluding tert-OH is 1. The Bertz CT molecular complexity index is 979. The zero-order valence-electron chi connectivity index (χ0n) is 20.9.